The Labute approximate surface area is 173 Å². The first kappa shape index (κ1) is 19.8. The maximum Gasteiger partial charge on any atom is 0.119 e. The van der Waals surface area contributed by atoms with Gasteiger partial charge in [-0.3, -0.25) is 4.90 Å². The van der Waals surface area contributed by atoms with Crippen LogP contribution in [0.25, 0.3) is 0 Å². The molecule has 2 aliphatic rings. The second kappa shape index (κ2) is 8.86. The summed E-state index contributed by atoms with van der Waals surface area (Å²) < 4.78 is 5.97. The molecule has 1 heterocycles. The number of halogens is 1. The Morgan fingerprint density at radius 1 is 1.07 bits per heavy atom. The predicted molar refractivity (Wildman–Crippen MR) is 114 cm³/mol. The quantitative estimate of drug-likeness (QED) is 0.689. The van der Waals surface area contributed by atoms with Crippen molar-refractivity contribution in [2.45, 2.75) is 50.2 Å². The molecule has 0 bridgehead atoms. The van der Waals surface area contributed by atoms with Crippen molar-refractivity contribution in [1.82, 2.24) is 4.90 Å². The number of ether oxygens (including phenoxy) is 1. The Morgan fingerprint density at radius 3 is 2.50 bits per heavy atom. The molecule has 2 unspecified atom stereocenters. The lowest BCUT2D eigenvalue weighted by molar-refractivity contribution is -0.0536. The minimum atomic E-state index is -0.393. The Hall–Kier alpha value is -1.55. The van der Waals surface area contributed by atoms with Gasteiger partial charge in [-0.2, -0.15) is 0 Å². The maximum atomic E-state index is 11.1. The fraction of sp³-hybridized carbons (Fsp3) is 0.500. The molecule has 2 fully saturated rings. The van der Waals surface area contributed by atoms with Gasteiger partial charge >= 0.3 is 0 Å². The summed E-state index contributed by atoms with van der Waals surface area (Å²) in [5, 5.41) is 11.8. The zero-order valence-electron chi connectivity index (χ0n) is 16.4. The van der Waals surface area contributed by atoms with Crippen LogP contribution in [0.4, 0.5) is 0 Å². The molecule has 0 radical (unpaired) electrons. The largest absolute Gasteiger partial charge is 0.493 e. The molecule has 1 saturated heterocycles. The highest BCUT2D eigenvalue weighted by Crippen LogP contribution is 2.47. The highest BCUT2D eigenvalue weighted by Gasteiger charge is 2.41. The number of benzene rings is 2. The minimum absolute atomic E-state index is 0.109. The Balaban J connectivity index is 1.34. The van der Waals surface area contributed by atoms with Crippen LogP contribution in [-0.2, 0) is 5.41 Å². The summed E-state index contributed by atoms with van der Waals surface area (Å²) in [6, 6.07) is 18.2. The average Bonchev–Trinajstić information content (AvgIpc) is 2.71. The number of para-hydroxylation sites is 1. The summed E-state index contributed by atoms with van der Waals surface area (Å²) in [5.74, 6) is 1.40. The van der Waals surface area contributed by atoms with Crippen LogP contribution < -0.4 is 4.74 Å². The first-order chi connectivity index (χ1) is 13.6. The van der Waals surface area contributed by atoms with E-state index in [1.54, 1.807) is 0 Å². The van der Waals surface area contributed by atoms with Gasteiger partial charge in [-0.1, -0.05) is 48.4 Å². The van der Waals surface area contributed by atoms with Gasteiger partial charge in [-0.25, -0.2) is 0 Å². The summed E-state index contributed by atoms with van der Waals surface area (Å²) in [7, 11) is 0. The lowest BCUT2D eigenvalue weighted by Crippen LogP contribution is -2.48. The summed E-state index contributed by atoms with van der Waals surface area (Å²) in [6.07, 6.45) is 6.24. The summed E-state index contributed by atoms with van der Waals surface area (Å²) in [6.45, 7) is 2.60. The van der Waals surface area contributed by atoms with Gasteiger partial charge < -0.3 is 9.84 Å². The molecular weight excluding hydrogens is 370 g/mol. The third kappa shape index (κ3) is 4.53. The first-order valence-electron chi connectivity index (χ1n) is 10.5. The molecule has 2 aromatic rings. The fourth-order valence-corrected chi connectivity index (χ4v) is 4.86. The number of aliphatic hydroxyl groups excluding tert-OH is 1. The number of rotatable bonds is 7. The molecule has 1 aliphatic carbocycles. The molecule has 150 valence electrons. The summed E-state index contributed by atoms with van der Waals surface area (Å²) >= 11 is 6.07. The summed E-state index contributed by atoms with van der Waals surface area (Å²) in [5.41, 5.74) is 1.43. The molecule has 0 aromatic heterocycles. The highest BCUT2D eigenvalue weighted by molar-refractivity contribution is 6.30. The van der Waals surface area contributed by atoms with Crippen LogP contribution in [0.5, 0.6) is 5.75 Å². The molecule has 1 aliphatic heterocycles. The number of piperidine rings is 1. The number of aliphatic hydroxyl groups is 1. The van der Waals surface area contributed by atoms with Crippen molar-refractivity contribution >= 4 is 11.6 Å². The van der Waals surface area contributed by atoms with Gasteiger partial charge in [0, 0.05) is 24.0 Å². The Kier molecular flexibility index (Phi) is 6.25. The van der Waals surface area contributed by atoms with Crippen molar-refractivity contribution in [3.8, 4) is 5.75 Å². The van der Waals surface area contributed by atoms with E-state index >= 15 is 0 Å². The van der Waals surface area contributed by atoms with Gasteiger partial charge in [0.1, 0.15) is 12.0 Å². The number of nitrogens with zero attached hydrogens (tertiary/aromatic N) is 1. The van der Waals surface area contributed by atoms with Crippen molar-refractivity contribution in [1.29, 1.82) is 0 Å². The van der Waals surface area contributed by atoms with Crippen molar-refractivity contribution in [3.05, 3.63) is 65.2 Å². The molecule has 0 spiro atoms. The van der Waals surface area contributed by atoms with Crippen LogP contribution in [-0.4, -0.2) is 35.9 Å². The number of hydrogen-bond acceptors (Lipinski definition) is 3. The molecule has 2 aromatic carbocycles. The summed E-state index contributed by atoms with van der Waals surface area (Å²) in [4.78, 5) is 2.26. The number of hydrogen-bond donors (Lipinski definition) is 1. The monoisotopic (exact) mass is 399 g/mol. The second-order valence-electron chi connectivity index (χ2n) is 8.45. The van der Waals surface area contributed by atoms with Crippen LogP contribution in [0.2, 0.25) is 5.02 Å². The van der Waals surface area contributed by atoms with Gasteiger partial charge in [0.2, 0.25) is 0 Å². The van der Waals surface area contributed by atoms with E-state index in [1.807, 2.05) is 42.5 Å². The van der Waals surface area contributed by atoms with E-state index in [0.717, 1.165) is 56.2 Å². The molecule has 1 saturated carbocycles. The normalized spacial score (nSPS) is 23.0. The van der Waals surface area contributed by atoms with Crippen molar-refractivity contribution in [2.75, 3.05) is 19.7 Å². The van der Waals surface area contributed by atoms with Crippen LogP contribution in [0.15, 0.2) is 54.6 Å². The molecule has 0 amide bonds. The van der Waals surface area contributed by atoms with E-state index < -0.39 is 6.23 Å². The van der Waals surface area contributed by atoms with Crippen molar-refractivity contribution < 1.29 is 9.84 Å². The first-order valence-corrected chi connectivity index (χ1v) is 10.9. The van der Waals surface area contributed by atoms with E-state index in [1.165, 1.54) is 18.4 Å². The topological polar surface area (TPSA) is 32.7 Å². The lowest BCUT2D eigenvalue weighted by Gasteiger charge is -2.46. The second-order valence-corrected chi connectivity index (χ2v) is 8.89. The fourth-order valence-electron chi connectivity index (χ4n) is 4.73. The van der Waals surface area contributed by atoms with Gasteiger partial charge in [0.25, 0.3) is 0 Å². The maximum absolute atomic E-state index is 11.1. The average molecular weight is 400 g/mol. The molecule has 4 heteroatoms. The molecule has 4 rings (SSSR count). The van der Waals surface area contributed by atoms with E-state index in [9.17, 15) is 5.11 Å². The van der Waals surface area contributed by atoms with Crippen LogP contribution in [0.1, 0.15) is 44.1 Å². The van der Waals surface area contributed by atoms with Crippen molar-refractivity contribution in [2.24, 2.45) is 5.92 Å². The van der Waals surface area contributed by atoms with Gasteiger partial charge in [0.15, 0.2) is 0 Å². The minimum Gasteiger partial charge on any atom is -0.493 e. The molecule has 2 atom stereocenters. The standard InChI is InChI=1S/C24H30ClNO2/c25-21-11-9-20(10-12-21)24(13-5-14-24)16-23(27)26-15-4-6-19(17-26)18-28-22-7-2-1-3-8-22/h1-3,7-12,19,23,27H,4-6,13-18H2. The Bertz CT molecular complexity index is 745. The van der Waals surface area contributed by atoms with Crippen molar-refractivity contribution in [3.63, 3.8) is 0 Å². The molecule has 28 heavy (non-hydrogen) atoms. The van der Waals surface area contributed by atoms with Gasteiger partial charge in [-0.15, -0.1) is 0 Å². The van der Waals surface area contributed by atoms with Crippen LogP contribution in [0.3, 0.4) is 0 Å². The molecular formula is C24H30ClNO2. The Morgan fingerprint density at radius 2 is 1.82 bits per heavy atom. The third-order valence-electron chi connectivity index (χ3n) is 6.54. The van der Waals surface area contributed by atoms with E-state index in [4.69, 9.17) is 16.3 Å². The van der Waals surface area contributed by atoms with Gasteiger partial charge in [0.05, 0.1) is 6.61 Å². The van der Waals surface area contributed by atoms with Crippen LogP contribution in [0, 0.1) is 5.92 Å². The lowest BCUT2D eigenvalue weighted by atomic mass is 9.62. The van der Waals surface area contributed by atoms with E-state index in [0.29, 0.717) is 5.92 Å². The third-order valence-corrected chi connectivity index (χ3v) is 6.79. The SMILES string of the molecule is OC(CC1(c2ccc(Cl)cc2)CCC1)N1CCCC(COc2ccccc2)C1. The number of likely N-dealkylation sites (tertiary alicyclic amines) is 1. The van der Waals surface area contributed by atoms with E-state index in [-0.39, 0.29) is 5.41 Å². The van der Waals surface area contributed by atoms with Gasteiger partial charge in [-0.05, 0) is 67.3 Å². The molecule has 3 nitrogen and oxygen atoms in total. The highest BCUT2D eigenvalue weighted by atomic mass is 35.5. The zero-order valence-corrected chi connectivity index (χ0v) is 17.2. The smallest absolute Gasteiger partial charge is 0.119 e. The predicted octanol–water partition coefficient (Wildman–Crippen LogP) is 5.26. The van der Waals surface area contributed by atoms with Crippen LogP contribution >= 0.6 is 11.6 Å². The van der Waals surface area contributed by atoms with E-state index in [2.05, 4.69) is 17.0 Å². The molecule has 1 N–H and O–H groups in total. The zero-order chi connectivity index (χ0) is 19.4.